The molecule has 3 rings (SSSR count). The van der Waals surface area contributed by atoms with E-state index in [4.69, 9.17) is 4.74 Å². The van der Waals surface area contributed by atoms with Gasteiger partial charge >= 0.3 is 5.97 Å². The first-order chi connectivity index (χ1) is 13.7. The van der Waals surface area contributed by atoms with Crippen LogP contribution in [-0.2, 0) is 32.2 Å². The number of ether oxygens (including phenoxy) is 1. The van der Waals surface area contributed by atoms with Crippen LogP contribution >= 0.6 is 0 Å². The van der Waals surface area contributed by atoms with Crippen LogP contribution in [0.4, 0.5) is 0 Å². The van der Waals surface area contributed by atoms with Crippen molar-refractivity contribution in [2.24, 2.45) is 0 Å². The van der Waals surface area contributed by atoms with E-state index in [0.717, 1.165) is 27.9 Å². The fourth-order valence-corrected chi connectivity index (χ4v) is 4.06. The van der Waals surface area contributed by atoms with Crippen molar-refractivity contribution in [1.82, 2.24) is 4.40 Å². The van der Waals surface area contributed by atoms with E-state index in [0.29, 0.717) is 18.6 Å². The van der Waals surface area contributed by atoms with E-state index in [2.05, 4.69) is 6.07 Å². The number of rotatable bonds is 6. The molecule has 0 spiro atoms. The Morgan fingerprint density at radius 1 is 1.21 bits per heavy atom. The Morgan fingerprint density at radius 3 is 2.48 bits per heavy atom. The number of hydrogen-bond donors (Lipinski definition) is 0. The molecule has 3 aromatic rings. The summed E-state index contributed by atoms with van der Waals surface area (Å²) in [6, 6.07) is 12.4. The lowest BCUT2D eigenvalue weighted by molar-refractivity contribution is -0.142. The highest BCUT2D eigenvalue weighted by molar-refractivity contribution is 7.90. The molecule has 0 aliphatic heterocycles. The van der Waals surface area contributed by atoms with Gasteiger partial charge in [-0.3, -0.25) is 4.79 Å². The first-order valence-electron chi connectivity index (χ1n) is 9.21. The lowest BCUT2D eigenvalue weighted by Gasteiger charge is -2.05. The average molecular weight is 410 g/mol. The number of pyridine rings is 1. The molecule has 0 unspecified atom stereocenters. The van der Waals surface area contributed by atoms with E-state index < -0.39 is 9.84 Å². The lowest BCUT2D eigenvalue weighted by Crippen LogP contribution is -2.10. The fourth-order valence-electron chi connectivity index (χ4n) is 3.43. The molecule has 0 N–H and O–H groups in total. The highest BCUT2D eigenvalue weighted by Crippen LogP contribution is 2.27. The number of sulfone groups is 1. The monoisotopic (exact) mass is 410 g/mol. The zero-order valence-corrected chi connectivity index (χ0v) is 17.4. The number of benzene rings is 1. The first-order valence-corrected chi connectivity index (χ1v) is 11.1. The van der Waals surface area contributed by atoms with Gasteiger partial charge in [0.05, 0.1) is 35.1 Å². The maximum atomic E-state index is 12.1. The predicted octanol–water partition coefficient (Wildman–Crippen LogP) is 3.22. The number of fused-ring (bicyclic) bond motifs is 1. The van der Waals surface area contributed by atoms with E-state index >= 15 is 0 Å². The molecule has 150 valence electrons. The molecule has 0 aliphatic rings. The summed E-state index contributed by atoms with van der Waals surface area (Å²) in [5.41, 5.74) is 5.11. The van der Waals surface area contributed by atoms with Gasteiger partial charge in [0.2, 0.25) is 0 Å². The fraction of sp³-hybridized carbons (Fsp3) is 0.273. The van der Waals surface area contributed by atoms with Crippen LogP contribution in [0.1, 0.15) is 34.9 Å². The standard InChI is InChI=1S/C22H22N2O4S/c1-4-28-22(25)13-20-15(2)19(21-12-17(14-23)9-10-24(20)21)11-16-5-7-18(8-6-16)29(3,26)27/h5-10,12H,4,11,13H2,1-3H3. The number of nitrogens with zero attached hydrogens (tertiary/aromatic N) is 2. The summed E-state index contributed by atoms with van der Waals surface area (Å²) < 4.78 is 30.4. The molecule has 2 aromatic heterocycles. The zero-order chi connectivity index (χ0) is 21.2. The summed E-state index contributed by atoms with van der Waals surface area (Å²) in [6.45, 7) is 4.04. The minimum Gasteiger partial charge on any atom is -0.466 e. The van der Waals surface area contributed by atoms with Crippen LogP contribution in [0.5, 0.6) is 0 Å². The van der Waals surface area contributed by atoms with E-state index in [9.17, 15) is 18.5 Å². The van der Waals surface area contributed by atoms with Crippen LogP contribution in [0.25, 0.3) is 5.52 Å². The number of carbonyl (C=O) groups excluding carboxylic acids is 1. The summed E-state index contributed by atoms with van der Waals surface area (Å²) >= 11 is 0. The Kier molecular flexibility index (Phi) is 5.76. The van der Waals surface area contributed by atoms with Crippen molar-refractivity contribution in [1.29, 1.82) is 5.26 Å². The maximum absolute atomic E-state index is 12.1. The highest BCUT2D eigenvalue weighted by Gasteiger charge is 2.19. The molecule has 0 saturated heterocycles. The van der Waals surface area contributed by atoms with Crippen molar-refractivity contribution in [2.45, 2.75) is 31.6 Å². The Balaban J connectivity index is 2.07. The van der Waals surface area contributed by atoms with Gasteiger partial charge in [-0.05, 0) is 61.2 Å². The molecule has 0 bridgehead atoms. The molecular weight excluding hydrogens is 388 g/mol. The average Bonchev–Trinajstić information content (AvgIpc) is 2.93. The van der Waals surface area contributed by atoms with Gasteiger partial charge in [0.15, 0.2) is 9.84 Å². The van der Waals surface area contributed by atoms with Crippen molar-refractivity contribution in [3.05, 3.63) is 70.5 Å². The molecule has 29 heavy (non-hydrogen) atoms. The number of nitriles is 1. The molecule has 6 nitrogen and oxygen atoms in total. The van der Waals surface area contributed by atoms with Crippen molar-refractivity contribution >= 4 is 21.3 Å². The van der Waals surface area contributed by atoms with Gasteiger partial charge in [-0.15, -0.1) is 0 Å². The van der Waals surface area contributed by atoms with Crippen molar-refractivity contribution in [2.75, 3.05) is 12.9 Å². The third kappa shape index (κ3) is 4.33. The molecule has 0 fully saturated rings. The second kappa shape index (κ2) is 8.10. The molecule has 0 radical (unpaired) electrons. The molecule has 7 heteroatoms. The Bertz CT molecular complexity index is 1220. The van der Waals surface area contributed by atoms with E-state index in [-0.39, 0.29) is 17.3 Å². The maximum Gasteiger partial charge on any atom is 0.311 e. The third-order valence-electron chi connectivity index (χ3n) is 4.92. The van der Waals surface area contributed by atoms with Gasteiger partial charge in [0.1, 0.15) is 0 Å². The van der Waals surface area contributed by atoms with Crippen LogP contribution in [-0.4, -0.2) is 31.7 Å². The lowest BCUT2D eigenvalue weighted by atomic mass is 10.0. The predicted molar refractivity (Wildman–Crippen MR) is 110 cm³/mol. The quantitative estimate of drug-likeness (QED) is 0.582. The van der Waals surface area contributed by atoms with Gasteiger partial charge in [-0.2, -0.15) is 5.26 Å². The summed E-state index contributed by atoms with van der Waals surface area (Å²) in [6.07, 6.45) is 3.67. The molecule has 2 heterocycles. The third-order valence-corrected chi connectivity index (χ3v) is 6.05. The minimum atomic E-state index is -3.25. The highest BCUT2D eigenvalue weighted by atomic mass is 32.2. The van der Waals surface area contributed by atoms with Gasteiger partial charge < -0.3 is 9.14 Å². The molecule has 0 aliphatic carbocycles. The van der Waals surface area contributed by atoms with Crippen LogP contribution in [0.2, 0.25) is 0 Å². The molecule has 0 amide bonds. The zero-order valence-electron chi connectivity index (χ0n) is 16.6. The van der Waals surface area contributed by atoms with Crippen molar-refractivity contribution in [3.63, 3.8) is 0 Å². The Hall–Kier alpha value is -3.11. The topological polar surface area (TPSA) is 88.6 Å². The number of aromatic nitrogens is 1. The number of carbonyl (C=O) groups is 1. The molecular formula is C22H22N2O4S. The van der Waals surface area contributed by atoms with Gasteiger partial charge in [-0.25, -0.2) is 8.42 Å². The SMILES string of the molecule is CCOC(=O)Cc1c(C)c(Cc2ccc(S(C)(=O)=O)cc2)c2cc(C#N)ccn12. The Labute approximate surface area is 170 Å². The smallest absolute Gasteiger partial charge is 0.311 e. The van der Waals surface area contributed by atoms with E-state index in [1.807, 2.05) is 17.4 Å². The Morgan fingerprint density at radius 2 is 1.90 bits per heavy atom. The summed E-state index contributed by atoms with van der Waals surface area (Å²) in [4.78, 5) is 12.4. The minimum absolute atomic E-state index is 0.139. The van der Waals surface area contributed by atoms with Gasteiger partial charge in [-0.1, -0.05) is 12.1 Å². The molecule has 0 saturated carbocycles. The van der Waals surface area contributed by atoms with Gasteiger partial charge in [0, 0.05) is 18.1 Å². The van der Waals surface area contributed by atoms with E-state index in [1.165, 1.54) is 6.26 Å². The largest absolute Gasteiger partial charge is 0.466 e. The van der Waals surface area contributed by atoms with Crippen LogP contribution < -0.4 is 0 Å². The summed E-state index contributed by atoms with van der Waals surface area (Å²) in [5.74, 6) is -0.302. The first kappa shape index (κ1) is 20.6. The van der Waals surface area contributed by atoms with E-state index in [1.54, 1.807) is 43.5 Å². The van der Waals surface area contributed by atoms with Crippen LogP contribution in [0, 0.1) is 18.3 Å². The molecule has 0 atom stereocenters. The number of hydrogen-bond acceptors (Lipinski definition) is 5. The molecule has 1 aromatic carbocycles. The van der Waals surface area contributed by atoms with Crippen LogP contribution in [0.15, 0.2) is 47.5 Å². The second-order valence-electron chi connectivity index (χ2n) is 6.91. The van der Waals surface area contributed by atoms with Crippen molar-refractivity contribution < 1.29 is 17.9 Å². The number of esters is 1. The van der Waals surface area contributed by atoms with Crippen LogP contribution in [0.3, 0.4) is 0 Å². The van der Waals surface area contributed by atoms with Crippen molar-refractivity contribution in [3.8, 4) is 6.07 Å². The second-order valence-corrected chi connectivity index (χ2v) is 8.92. The summed E-state index contributed by atoms with van der Waals surface area (Å²) in [5, 5.41) is 9.29. The summed E-state index contributed by atoms with van der Waals surface area (Å²) in [7, 11) is -3.25. The van der Waals surface area contributed by atoms with Gasteiger partial charge in [0.25, 0.3) is 0 Å². The normalized spacial score (nSPS) is 11.4.